The molecule has 170 valence electrons. The Hall–Kier alpha value is -2.77. The molecule has 2 atom stereocenters. The number of pyridine rings is 1. The Morgan fingerprint density at radius 3 is 2.34 bits per heavy atom. The Bertz CT molecular complexity index is 1070. The molecule has 0 radical (unpaired) electrons. The quantitative estimate of drug-likeness (QED) is 0.609. The summed E-state index contributed by atoms with van der Waals surface area (Å²) in [5.41, 5.74) is 1.50. The van der Waals surface area contributed by atoms with Crippen molar-refractivity contribution in [3.63, 3.8) is 0 Å². The molecule has 2 fully saturated rings. The molecule has 0 saturated carbocycles. The summed E-state index contributed by atoms with van der Waals surface area (Å²) in [6.07, 6.45) is 9.53. The molecule has 1 N–H and O–H groups in total. The lowest BCUT2D eigenvalue weighted by atomic mass is 9.85. The second-order valence-electron chi connectivity index (χ2n) is 9.10. The van der Waals surface area contributed by atoms with Crippen LogP contribution in [0.4, 0.5) is 0 Å². The topological polar surface area (TPSA) is 69.0 Å². The third-order valence-electron chi connectivity index (χ3n) is 7.13. The zero-order valence-electron chi connectivity index (χ0n) is 19.0. The predicted molar refractivity (Wildman–Crippen MR) is 122 cm³/mol. The van der Waals surface area contributed by atoms with Crippen molar-refractivity contribution in [1.29, 1.82) is 0 Å². The molecule has 32 heavy (non-hydrogen) atoms. The molecule has 2 aromatic heterocycles. The van der Waals surface area contributed by atoms with Crippen molar-refractivity contribution >= 4 is 10.9 Å². The van der Waals surface area contributed by atoms with Crippen molar-refractivity contribution in [2.24, 2.45) is 0 Å². The molecule has 2 bridgehead atoms. The van der Waals surface area contributed by atoms with Crippen molar-refractivity contribution in [1.82, 2.24) is 14.5 Å². The van der Waals surface area contributed by atoms with Crippen LogP contribution in [0.2, 0.25) is 0 Å². The largest absolute Gasteiger partial charge is 0.493 e. The number of aromatic nitrogens is 2. The first-order valence-corrected chi connectivity index (χ1v) is 11.2. The molecule has 3 aromatic rings. The van der Waals surface area contributed by atoms with Crippen LogP contribution in [0.5, 0.6) is 17.2 Å². The summed E-state index contributed by atoms with van der Waals surface area (Å²) < 4.78 is 18.7. The summed E-state index contributed by atoms with van der Waals surface area (Å²) in [6.45, 7) is 1.41. The van der Waals surface area contributed by atoms with E-state index in [0.717, 1.165) is 48.7 Å². The van der Waals surface area contributed by atoms with Gasteiger partial charge in [0.2, 0.25) is 5.75 Å². The number of nitrogens with zero attached hydrogens (tertiary/aromatic N) is 3. The van der Waals surface area contributed by atoms with Gasteiger partial charge in [0.05, 0.1) is 45.2 Å². The molecule has 2 saturated heterocycles. The minimum atomic E-state index is -0.709. The highest BCUT2D eigenvalue weighted by Crippen LogP contribution is 2.44. The Kier molecular flexibility index (Phi) is 5.47. The van der Waals surface area contributed by atoms with Crippen molar-refractivity contribution in [2.75, 3.05) is 21.3 Å². The van der Waals surface area contributed by atoms with Gasteiger partial charge in [0.15, 0.2) is 11.5 Å². The molecule has 2 aliphatic rings. The predicted octanol–water partition coefficient (Wildman–Crippen LogP) is 3.62. The Morgan fingerprint density at radius 2 is 1.72 bits per heavy atom. The maximum Gasteiger partial charge on any atom is 0.203 e. The lowest BCUT2D eigenvalue weighted by Gasteiger charge is -2.44. The first-order chi connectivity index (χ1) is 15.5. The van der Waals surface area contributed by atoms with Crippen molar-refractivity contribution in [2.45, 2.75) is 56.5 Å². The number of methoxy groups -OCH3 is 3. The number of aliphatic hydroxyl groups is 1. The van der Waals surface area contributed by atoms with Gasteiger partial charge < -0.3 is 23.9 Å². The first kappa shape index (κ1) is 21.1. The van der Waals surface area contributed by atoms with Crippen LogP contribution in [0.15, 0.2) is 42.9 Å². The average molecular weight is 438 g/mol. The molecule has 7 heteroatoms. The molecule has 4 heterocycles. The van der Waals surface area contributed by atoms with E-state index in [1.807, 2.05) is 30.6 Å². The number of benzene rings is 1. The molecule has 0 spiro atoms. The van der Waals surface area contributed by atoms with Crippen LogP contribution in [-0.4, -0.2) is 58.6 Å². The SMILES string of the molecule is COc1cc(CN2C3CCC2CC(O)(Cn2ccc4ccncc42)C3)cc(OC)c1OC. The highest BCUT2D eigenvalue weighted by Gasteiger charge is 2.47. The summed E-state index contributed by atoms with van der Waals surface area (Å²) in [7, 11) is 4.91. The maximum absolute atomic E-state index is 11.6. The van der Waals surface area contributed by atoms with Gasteiger partial charge in [0.1, 0.15) is 0 Å². The van der Waals surface area contributed by atoms with Gasteiger partial charge >= 0.3 is 0 Å². The summed E-state index contributed by atoms with van der Waals surface area (Å²) in [6, 6.07) is 8.88. The molecular formula is C25H31N3O4. The van der Waals surface area contributed by atoms with Crippen LogP contribution in [-0.2, 0) is 13.1 Å². The zero-order valence-corrected chi connectivity index (χ0v) is 19.0. The van der Waals surface area contributed by atoms with E-state index < -0.39 is 5.60 Å². The molecule has 0 amide bonds. The second-order valence-corrected chi connectivity index (χ2v) is 9.10. The van der Waals surface area contributed by atoms with E-state index in [-0.39, 0.29) is 0 Å². The molecule has 1 aromatic carbocycles. The summed E-state index contributed by atoms with van der Waals surface area (Å²) in [5.74, 6) is 1.97. The van der Waals surface area contributed by atoms with Gasteiger partial charge in [-0.1, -0.05) is 0 Å². The Morgan fingerprint density at radius 1 is 1.03 bits per heavy atom. The van der Waals surface area contributed by atoms with Crippen LogP contribution >= 0.6 is 0 Å². The van der Waals surface area contributed by atoms with E-state index in [1.54, 1.807) is 21.3 Å². The van der Waals surface area contributed by atoms with E-state index in [1.165, 1.54) is 0 Å². The van der Waals surface area contributed by atoms with E-state index in [9.17, 15) is 5.11 Å². The fourth-order valence-electron chi connectivity index (χ4n) is 5.72. The van der Waals surface area contributed by atoms with E-state index in [4.69, 9.17) is 14.2 Å². The van der Waals surface area contributed by atoms with Crippen LogP contribution < -0.4 is 14.2 Å². The van der Waals surface area contributed by atoms with E-state index in [0.29, 0.717) is 35.9 Å². The molecule has 0 aliphatic carbocycles. The van der Waals surface area contributed by atoms with Crippen molar-refractivity contribution in [3.05, 3.63) is 48.4 Å². The van der Waals surface area contributed by atoms with Crippen LogP contribution in [0.3, 0.4) is 0 Å². The van der Waals surface area contributed by atoms with Gasteiger partial charge in [-0.15, -0.1) is 0 Å². The monoisotopic (exact) mass is 437 g/mol. The maximum atomic E-state index is 11.6. The average Bonchev–Trinajstić information content (AvgIpc) is 3.31. The van der Waals surface area contributed by atoms with Gasteiger partial charge in [0.25, 0.3) is 0 Å². The number of rotatable bonds is 7. The normalized spacial score (nSPS) is 25.2. The van der Waals surface area contributed by atoms with Crippen molar-refractivity contribution < 1.29 is 19.3 Å². The number of piperidine rings is 1. The Labute approximate surface area is 188 Å². The second kappa shape index (κ2) is 8.30. The highest BCUT2D eigenvalue weighted by atomic mass is 16.5. The van der Waals surface area contributed by atoms with Crippen LogP contribution in [0, 0.1) is 0 Å². The molecule has 2 aliphatic heterocycles. The van der Waals surface area contributed by atoms with Crippen LogP contribution in [0.25, 0.3) is 10.9 Å². The number of hydrogen-bond donors (Lipinski definition) is 1. The summed E-state index contributed by atoms with van der Waals surface area (Å²) >= 11 is 0. The van der Waals surface area contributed by atoms with Gasteiger partial charge in [-0.3, -0.25) is 9.88 Å². The molecule has 5 rings (SSSR count). The zero-order chi connectivity index (χ0) is 22.3. The minimum Gasteiger partial charge on any atom is -0.493 e. The van der Waals surface area contributed by atoms with Gasteiger partial charge in [0, 0.05) is 36.4 Å². The third-order valence-corrected chi connectivity index (χ3v) is 7.13. The summed E-state index contributed by atoms with van der Waals surface area (Å²) in [4.78, 5) is 6.81. The highest BCUT2D eigenvalue weighted by molar-refractivity contribution is 5.78. The molecule has 2 unspecified atom stereocenters. The molecular weight excluding hydrogens is 406 g/mol. The third kappa shape index (κ3) is 3.69. The smallest absolute Gasteiger partial charge is 0.203 e. The molecule has 7 nitrogen and oxygen atoms in total. The van der Waals surface area contributed by atoms with E-state index >= 15 is 0 Å². The summed E-state index contributed by atoms with van der Waals surface area (Å²) in [5, 5.41) is 12.7. The fourth-order valence-corrected chi connectivity index (χ4v) is 5.72. The fraction of sp³-hybridized carbons (Fsp3) is 0.480. The standard InChI is InChI=1S/C25H31N3O4/c1-30-22-10-17(11-23(31-2)24(22)32-3)15-28-19-4-5-20(28)13-25(29,12-19)16-27-9-7-18-6-8-26-14-21(18)27/h6-11,14,19-20,29H,4-5,12-13,15-16H2,1-3H3. The lowest BCUT2D eigenvalue weighted by Crippen LogP contribution is -2.52. The van der Waals surface area contributed by atoms with Gasteiger partial charge in [-0.25, -0.2) is 0 Å². The minimum absolute atomic E-state index is 0.359. The van der Waals surface area contributed by atoms with E-state index in [2.05, 4.69) is 26.7 Å². The number of hydrogen-bond acceptors (Lipinski definition) is 6. The van der Waals surface area contributed by atoms with Crippen molar-refractivity contribution in [3.8, 4) is 17.2 Å². The number of fused-ring (bicyclic) bond motifs is 3. The first-order valence-electron chi connectivity index (χ1n) is 11.2. The number of ether oxygens (including phenoxy) is 3. The van der Waals surface area contributed by atoms with Crippen LogP contribution in [0.1, 0.15) is 31.2 Å². The van der Waals surface area contributed by atoms with Gasteiger partial charge in [-0.05, 0) is 55.5 Å². The Balaban J connectivity index is 1.34. The lowest BCUT2D eigenvalue weighted by molar-refractivity contribution is -0.0644. The van der Waals surface area contributed by atoms with Gasteiger partial charge in [-0.2, -0.15) is 0 Å².